The third-order valence-electron chi connectivity index (χ3n) is 4.15. The molecule has 1 aliphatic carbocycles. The van der Waals surface area contributed by atoms with Crippen LogP contribution in [-0.4, -0.2) is 11.1 Å². The highest BCUT2D eigenvalue weighted by atomic mass is 16.4. The van der Waals surface area contributed by atoms with Gasteiger partial charge in [0.1, 0.15) is 0 Å². The predicted octanol–water partition coefficient (Wildman–Crippen LogP) is 4.35. The van der Waals surface area contributed by atoms with Gasteiger partial charge in [-0.15, -0.1) is 0 Å². The molecule has 1 N–H and O–H groups in total. The van der Waals surface area contributed by atoms with Gasteiger partial charge in [0.25, 0.3) is 0 Å². The van der Waals surface area contributed by atoms with E-state index in [4.69, 9.17) is 5.11 Å². The molecule has 0 aromatic carbocycles. The second kappa shape index (κ2) is 6.03. The molecule has 0 spiro atoms. The van der Waals surface area contributed by atoms with E-state index < -0.39 is 5.97 Å². The largest absolute Gasteiger partial charge is 0.478 e. The molecule has 0 bridgehead atoms. The zero-order chi connectivity index (χ0) is 13.8. The minimum absolute atomic E-state index is 0.273. The minimum atomic E-state index is -0.891. The van der Waals surface area contributed by atoms with Gasteiger partial charge < -0.3 is 5.11 Å². The number of carboxylic acid groups (broad SMARTS) is 1. The Hall–Kier alpha value is -1.31. The van der Waals surface area contributed by atoms with Crippen molar-refractivity contribution in [2.45, 2.75) is 46.5 Å². The summed E-state index contributed by atoms with van der Waals surface area (Å²) in [6, 6.07) is 0. The molecule has 0 aromatic heterocycles. The van der Waals surface area contributed by atoms with Crippen LogP contribution in [0.15, 0.2) is 36.0 Å². The van der Waals surface area contributed by atoms with Crippen molar-refractivity contribution in [2.24, 2.45) is 11.3 Å². The SMILES string of the molecule is C=C1CCC[C@](C)(CC)[C@@H]1/C=C/C(C)=C/C(=O)O. The van der Waals surface area contributed by atoms with Crippen molar-refractivity contribution in [3.05, 3.63) is 36.0 Å². The number of hydrogen-bond acceptors (Lipinski definition) is 1. The molecular formula is C16H24O2. The number of aliphatic carboxylic acids is 1. The fraction of sp³-hybridized carbons (Fsp3) is 0.562. The van der Waals surface area contributed by atoms with Crippen LogP contribution in [0, 0.1) is 11.3 Å². The molecule has 0 heterocycles. The fourth-order valence-electron chi connectivity index (χ4n) is 2.78. The van der Waals surface area contributed by atoms with Crippen LogP contribution in [0.3, 0.4) is 0 Å². The quantitative estimate of drug-likeness (QED) is 0.456. The van der Waals surface area contributed by atoms with Crippen molar-refractivity contribution in [3.63, 3.8) is 0 Å². The van der Waals surface area contributed by atoms with E-state index in [1.165, 1.54) is 24.5 Å². The van der Waals surface area contributed by atoms with Gasteiger partial charge in [-0.25, -0.2) is 4.79 Å². The highest BCUT2D eigenvalue weighted by Crippen LogP contribution is 2.46. The van der Waals surface area contributed by atoms with Gasteiger partial charge in [0, 0.05) is 12.0 Å². The molecule has 0 unspecified atom stereocenters. The molecular weight excluding hydrogens is 224 g/mol. The number of allylic oxidation sites excluding steroid dienone is 4. The number of hydrogen-bond donors (Lipinski definition) is 1. The van der Waals surface area contributed by atoms with Gasteiger partial charge >= 0.3 is 5.97 Å². The molecule has 2 atom stereocenters. The first-order chi connectivity index (χ1) is 8.39. The minimum Gasteiger partial charge on any atom is -0.478 e. The van der Waals surface area contributed by atoms with Crippen LogP contribution in [0.2, 0.25) is 0 Å². The van der Waals surface area contributed by atoms with E-state index in [0.29, 0.717) is 5.92 Å². The smallest absolute Gasteiger partial charge is 0.328 e. The van der Waals surface area contributed by atoms with Crippen molar-refractivity contribution in [3.8, 4) is 0 Å². The molecule has 18 heavy (non-hydrogen) atoms. The van der Waals surface area contributed by atoms with Gasteiger partial charge in [-0.05, 0) is 43.6 Å². The van der Waals surface area contributed by atoms with E-state index in [0.717, 1.165) is 18.4 Å². The van der Waals surface area contributed by atoms with Crippen molar-refractivity contribution in [1.29, 1.82) is 0 Å². The highest BCUT2D eigenvalue weighted by molar-refractivity contribution is 5.81. The lowest BCUT2D eigenvalue weighted by atomic mass is 9.64. The Labute approximate surface area is 110 Å². The van der Waals surface area contributed by atoms with Gasteiger partial charge in [-0.1, -0.05) is 38.2 Å². The molecule has 0 aromatic rings. The lowest BCUT2D eigenvalue weighted by Crippen LogP contribution is -2.30. The maximum absolute atomic E-state index is 10.6. The summed E-state index contributed by atoms with van der Waals surface area (Å²) in [6.07, 6.45) is 9.96. The first-order valence-electron chi connectivity index (χ1n) is 6.66. The molecule has 1 rings (SSSR count). The summed E-state index contributed by atoms with van der Waals surface area (Å²) in [5.41, 5.74) is 2.33. The number of carboxylic acids is 1. The summed E-state index contributed by atoms with van der Waals surface area (Å²) in [5, 5.41) is 8.69. The van der Waals surface area contributed by atoms with Gasteiger partial charge in [-0.2, -0.15) is 0 Å². The Morgan fingerprint density at radius 3 is 2.83 bits per heavy atom. The van der Waals surface area contributed by atoms with Crippen LogP contribution in [0.5, 0.6) is 0 Å². The van der Waals surface area contributed by atoms with E-state index in [2.05, 4.69) is 26.5 Å². The molecule has 2 nitrogen and oxygen atoms in total. The summed E-state index contributed by atoms with van der Waals surface area (Å²) < 4.78 is 0. The van der Waals surface area contributed by atoms with Gasteiger partial charge in [0.2, 0.25) is 0 Å². The van der Waals surface area contributed by atoms with Crippen molar-refractivity contribution in [1.82, 2.24) is 0 Å². The van der Waals surface area contributed by atoms with Gasteiger partial charge in [0.05, 0.1) is 0 Å². The third kappa shape index (κ3) is 3.59. The monoisotopic (exact) mass is 248 g/mol. The van der Waals surface area contributed by atoms with Gasteiger partial charge in [0.15, 0.2) is 0 Å². The Morgan fingerprint density at radius 1 is 1.61 bits per heavy atom. The molecule has 100 valence electrons. The molecule has 1 fully saturated rings. The zero-order valence-electron chi connectivity index (χ0n) is 11.7. The molecule has 0 aliphatic heterocycles. The van der Waals surface area contributed by atoms with E-state index in [1.807, 2.05) is 13.0 Å². The fourth-order valence-corrected chi connectivity index (χ4v) is 2.78. The number of rotatable bonds is 4. The third-order valence-corrected chi connectivity index (χ3v) is 4.15. The Morgan fingerprint density at radius 2 is 2.28 bits per heavy atom. The standard InChI is InChI=1S/C16H24O2/c1-5-16(4)10-6-7-13(3)14(16)9-8-12(2)11-15(17)18/h8-9,11,14H,3,5-7,10H2,1-2,4H3,(H,17,18)/b9-8+,12-11+/t14-,16+/m1/s1. The summed E-state index contributed by atoms with van der Waals surface area (Å²) in [5.74, 6) is -0.522. The summed E-state index contributed by atoms with van der Waals surface area (Å²) in [4.78, 5) is 10.6. The van der Waals surface area contributed by atoms with Crippen LogP contribution >= 0.6 is 0 Å². The average Bonchev–Trinajstić information content (AvgIpc) is 2.27. The first-order valence-corrected chi connectivity index (χ1v) is 6.66. The molecule has 2 heteroatoms. The van der Waals surface area contributed by atoms with Crippen LogP contribution in [0.25, 0.3) is 0 Å². The maximum Gasteiger partial charge on any atom is 0.328 e. The van der Waals surface area contributed by atoms with Crippen LogP contribution in [0.4, 0.5) is 0 Å². The first kappa shape index (κ1) is 14.7. The van der Waals surface area contributed by atoms with E-state index in [-0.39, 0.29) is 5.41 Å². The Bertz CT molecular complexity index is 390. The number of carbonyl (C=O) groups is 1. The van der Waals surface area contributed by atoms with E-state index >= 15 is 0 Å². The summed E-state index contributed by atoms with van der Waals surface area (Å²) in [6.45, 7) is 10.5. The van der Waals surface area contributed by atoms with Crippen LogP contribution in [0.1, 0.15) is 46.5 Å². The summed E-state index contributed by atoms with van der Waals surface area (Å²) >= 11 is 0. The Kier molecular flexibility index (Phi) is 4.94. The molecule has 0 saturated heterocycles. The van der Waals surface area contributed by atoms with E-state index in [9.17, 15) is 4.79 Å². The van der Waals surface area contributed by atoms with E-state index in [1.54, 1.807) is 0 Å². The molecule has 1 aliphatic rings. The van der Waals surface area contributed by atoms with Crippen molar-refractivity contribution < 1.29 is 9.90 Å². The Balaban J connectivity index is 2.88. The van der Waals surface area contributed by atoms with Crippen LogP contribution in [-0.2, 0) is 4.79 Å². The van der Waals surface area contributed by atoms with Gasteiger partial charge in [-0.3, -0.25) is 0 Å². The molecule has 0 radical (unpaired) electrons. The van der Waals surface area contributed by atoms with Crippen LogP contribution < -0.4 is 0 Å². The predicted molar refractivity (Wildman–Crippen MR) is 75.4 cm³/mol. The van der Waals surface area contributed by atoms with Crippen molar-refractivity contribution >= 4 is 5.97 Å². The second-order valence-electron chi connectivity index (χ2n) is 5.58. The molecule has 0 amide bonds. The maximum atomic E-state index is 10.6. The summed E-state index contributed by atoms with van der Waals surface area (Å²) in [7, 11) is 0. The normalized spacial score (nSPS) is 29.8. The lowest BCUT2D eigenvalue weighted by Gasteiger charge is -2.41. The molecule has 1 saturated carbocycles. The second-order valence-corrected chi connectivity index (χ2v) is 5.58. The lowest BCUT2D eigenvalue weighted by molar-refractivity contribution is -0.131. The zero-order valence-corrected chi connectivity index (χ0v) is 11.7. The topological polar surface area (TPSA) is 37.3 Å². The highest BCUT2D eigenvalue weighted by Gasteiger charge is 2.35. The average molecular weight is 248 g/mol. The van der Waals surface area contributed by atoms with Crippen molar-refractivity contribution in [2.75, 3.05) is 0 Å².